The summed E-state index contributed by atoms with van der Waals surface area (Å²) in [6, 6.07) is 4.12. The molecular formula is C11H8Br2OS. The first-order valence-electron chi connectivity index (χ1n) is 4.40. The van der Waals surface area contributed by atoms with E-state index in [1.54, 1.807) is 0 Å². The van der Waals surface area contributed by atoms with Crippen LogP contribution in [-0.4, -0.2) is 0 Å². The lowest BCUT2D eigenvalue weighted by Gasteiger charge is -2.05. The molecule has 0 fully saturated rings. The molecule has 1 nitrogen and oxygen atoms in total. The molecule has 1 heterocycles. The van der Waals surface area contributed by atoms with Gasteiger partial charge in [0.25, 0.3) is 0 Å². The summed E-state index contributed by atoms with van der Waals surface area (Å²) >= 11 is 8.11. The SMILES string of the molecule is Cc1cc2sc(=O)c(Br)c(C)c2cc1Br. The lowest BCUT2D eigenvalue weighted by atomic mass is 10.1. The summed E-state index contributed by atoms with van der Waals surface area (Å²) < 4.78 is 2.88. The highest BCUT2D eigenvalue weighted by molar-refractivity contribution is 9.10. The molecule has 0 spiro atoms. The van der Waals surface area contributed by atoms with Crippen molar-refractivity contribution in [3.63, 3.8) is 0 Å². The van der Waals surface area contributed by atoms with E-state index in [1.807, 2.05) is 19.9 Å². The minimum absolute atomic E-state index is 0.0849. The molecule has 0 radical (unpaired) electrons. The van der Waals surface area contributed by atoms with Crippen molar-refractivity contribution in [2.45, 2.75) is 13.8 Å². The molecule has 0 saturated heterocycles. The van der Waals surface area contributed by atoms with Crippen molar-refractivity contribution in [3.8, 4) is 0 Å². The van der Waals surface area contributed by atoms with Crippen molar-refractivity contribution in [1.29, 1.82) is 0 Å². The van der Waals surface area contributed by atoms with Gasteiger partial charge in [-0.15, -0.1) is 0 Å². The highest BCUT2D eigenvalue weighted by atomic mass is 79.9. The molecule has 0 atom stereocenters. The van der Waals surface area contributed by atoms with E-state index in [9.17, 15) is 4.79 Å². The molecular weight excluding hydrogens is 340 g/mol. The summed E-state index contributed by atoms with van der Waals surface area (Å²) in [7, 11) is 0. The van der Waals surface area contributed by atoms with Crippen LogP contribution in [-0.2, 0) is 0 Å². The van der Waals surface area contributed by atoms with Gasteiger partial charge in [-0.25, -0.2) is 0 Å². The topological polar surface area (TPSA) is 17.1 Å². The van der Waals surface area contributed by atoms with Crippen molar-refractivity contribution in [1.82, 2.24) is 0 Å². The van der Waals surface area contributed by atoms with Crippen LogP contribution in [0.15, 0.2) is 25.9 Å². The van der Waals surface area contributed by atoms with E-state index < -0.39 is 0 Å². The minimum Gasteiger partial charge on any atom is -0.277 e. The molecule has 2 aromatic rings. The zero-order valence-electron chi connectivity index (χ0n) is 8.23. The molecule has 0 aliphatic carbocycles. The molecule has 0 aliphatic heterocycles. The standard InChI is InChI=1S/C11H8Br2OS/c1-5-3-9-7(4-8(5)12)6(2)10(13)11(14)15-9/h3-4H,1-2H3. The number of hydrogen-bond donors (Lipinski definition) is 0. The van der Waals surface area contributed by atoms with Gasteiger partial charge in [-0.05, 0) is 58.4 Å². The highest BCUT2D eigenvalue weighted by Crippen LogP contribution is 2.30. The van der Waals surface area contributed by atoms with Gasteiger partial charge in [0.15, 0.2) is 0 Å². The second kappa shape index (κ2) is 4.00. The van der Waals surface area contributed by atoms with E-state index in [0.29, 0.717) is 4.47 Å². The van der Waals surface area contributed by atoms with Crippen molar-refractivity contribution < 1.29 is 0 Å². The predicted octanol–water partition coefficient (Wildman–Crippen LogP) is 4.40. The second-order valence-corrected chi connectivity index (χ2v) is 6.09. The Kier molecular flexibility index (Phi) is 3.01. The summed E-state index contributed by atoms with van der Waals surface area (Å²) in [6.07, 6.45) is 0. The Hall–Kier alpha value is -0.190. The van der Waals surface area contributed by atoms with Gasteiger partial charge >= 0.3 is 0 Å². The van der Waals surface area contributed by atoms with Gasteiger partial charge in [0.1, 0.15) is 0 Å². The van der Waals surface area contributed by atoms with Crippen LogP contribution in [0.5, 0.6) is 0 Å². The first kappa shape index (κ1) is 11.3. The zero-order valence-corrected chi connectivity index (χ0v) is 12.2. The van der Waals surface area contributed by atoms with Gasteiger partial charge < -0.3 is 0 Å². The first-order chi connectivity index (χ1) is 7.00. The number of rotatable bonds is 0. The molecule has 4 heteroatoms. The molecule has 0 amide bonds. The van der Waals surface area contributed by atoms with E-state index in [-0.39, 0.29) is 4.74 Å². The molecule has 78 valence electrons. The molecule has 2 rings (SSSR count). The fourth-order valence-electron chi connectivity index (χ4n) is 1.45. The summed E-state index contributed by atoms with van der Waals surface area (Å²) in [6.45, 7) is 3.99. The summed E-state index contributed by atoms with van der Waals surface area (Å²) in [5.74, 6) is 0. The van der Waals surface area contributed by atoms with Crippen molar-refractivity contribution in [3.05, 3.63) is 41.7 Å². The second-order valence-electron chi connectivity index (χ2n) is 3.43. The summed E-state index contributed by atoms with van der Waals surface area (Å²) in [5.41, 5.74) is 2.16. The van der Waals surface area contributed by atoms with Gasteiger partial charge in [-0.2, -0.15) is 0 Å². The van der Waals surface area contributed by atoms with Gasteiger partial charge in [0.05, 0.1) is 4.47 Å². The fraction of sp³-hybridized carbons (Fsp3) is 0.182. The van der Waals surface area contributed by atoms with E-state index in [2.05, 4.69) is 37.9 Å². The number of aryl methyl sites for hydroxylation is 2. The maximum atomic E-state index is 11.6. The van der Waals surface area contributed by atoms with Crippen LogP contribution in [0.3, 0.4) is 0 Å². The van der Waals surface area contributed by atoms with Gasteiger partial charge in [-0.3, -0.25) is 4.79 Å². The van der Waals surface area contributed by atoms with Gasteiger partial charge in [-0.1, -0.05) is 27.3 Å². The predicted molar refractivity (Wildman–Crippen MR) is 73.0 cm³/mol. The fourth-order valence-corrected chi connectivity index (χ4v) is 3.25. The summed E-state index contributed by atoms with van der Waals surface area (Å²) in [4.78, 5) is 11.6. The quantitative estimate of drug-likeness (QED) is 0.690. The normalized spacial score (nSPS) is 10.9. The van der Waals surface area contributed by atoms with Crippen LogP contribution in [0.25, 0.3) is 10.1 Å². The zero-order chi connectivity index (χ0) is 11.2. The minimum atomic E-state index is 0.0849. The van der Waals surface area contributed by atoms with Crippen LogP contribution in [0.2, 0.25) is 0 Å². The maximum absolute atomic E-state index is 11.6. The van der Waals surface area contributed by atoms with E-state index in [0.717, 1.165) is 25.7 Å². The Labute approximate surface area is 108 Å². The molecule has 1 aromatic carbocycles. The maximum Gasteiger partial charge on any atom is 0.247 e. The largest absolute Gasteiger partial charge is 0.277 e. The highest BCUT2D eigenvalue weighted by Gasteiger charge is 2.08. The van der Waals surface area contributed by atoms with Crippen LogP contribution in [0, 0.1) is 13.8 Å². The Morgan fingerprint density at radius 1 is 1.20 bits per heavy atom. The number of halogens is 2. The average Bonchev–Trinajstić information content (AvgIpc) is 2.19. The Bertz CT molecular complexity index is 602. The molecule has 0 unspecified atom stereocenters. The van der Waals surface area contributed by atoms with E-state index in [4.69, 9.17) is 0 Å². The third-order valence-corrected chi connectivity index (χ3v) is 5.39. The average molecular weight is 348 g/mol. The molecule has 0 aliphatic rings. The van der Waals surface area contributed by atoms with Gasteiger partial charge in [0.2, 0.25) is 4.74 Å². The molecule has 0 N–H and O–H groups in total. The van der Waals surface area contributed by atoms with Crippen molar-refractivity contribution in [2.75, 3.05) is 0 Å². The molecule has 1 aromatic heterocycles. The van der Waals surface area contributed by atoms with Crippen LogP contribution in [0.4, 0.5) is 0 Å². The molecule has 0 bridgehead atoms. The van der Waals surface area contributed by atoms with E-state index in [1.165, 1.54) is 11.3 Å². The van der Waals surface area contributed by atoms with Crippen LogP contribution >= 0.6 is 43.2 Å². The third kappa shape index (κ3) is 1.90. The smallest absolute Gasteiger partial charge is 0.247 e. The number of fused-ring (bicyclic) bond motifs is 1. The van der Waals surface area contributed by atoms with Crippen LogP contribution in [0.1, 0.15) is 11.1 Å². The Balaban J connectivity index is 3.00. The first-order valence-corrected chi connectivity index (χ1v) is 6.80. The number of benzene rings is 1. The van der Waals surface area contributed by atoms with Gasteiger partial charge in [0, 0.05) is 9.17 Å². The van der Waals surface area contributed by atoms with Crippen molar-refractivity contribution in [2.24, 2.45) is 0 Å². The summed E-state index contributed by atoms with van der Waals surface area (Å²) in [5, 5.41) is 1.13. The Morgan fingerprint density at radius 2 is 1.87 bits per heavy atom. The monoisotopic (exact) mass is 346 g/mol. The Morgan fingerprint density at radius 3 is 2.53 bits per heavy atom. The van der Waals surface area contributed by atoms with Crippen LogP contribution < -0.4 is 4.74 Å². The third-order valence-electron chi connectivity index (χ3n) is 2.38. The molecule has 0 saturated carbocycles. The van der Waals surface area contributed by atoms with E-state index >= 15 is 0 Å². The number of hydrogen-bond acceptors (Lipinski definition) is 2. The lowest BCUT2D eigenvalue weighted by Crippen LogP contribution is -1.98. The molecule has 15 heavy (non-hydrogen) atoms. The van der Waals surface area contributed by atoms with Crippen molar-refractivity contribution >= 4 is 53.3 Å². The lowest BCUT2D eigenvalue weighted by molar-refractivity contribution is 1.44.